The lowest BCUT2D eigenvalue weighted by Gasteiger charge is -2.22. The summed E-state index contributed by atoms with van der Waals surface area (Å²) in [7, 11) is 0. The van der Waals surface area contributed by atoms with E-state index >= 15 is 0 Å². The number of hydrogen-bond acceptors (Lipinski definition) is 4. The zero-order chi connectivity index (χ0) is 23.0. The molecule has 0 saturated carbocycles. The Hall–Kier alpha value is -3.40. The fourth-order valence-electron chi connectivity index (χ4n) is 4.11. The molecule has 5 rings (SSSR count). The fraction of sp³-hybridized carbons (Fsp3) is 0.304. The summed E-state index contributed by atoms with van der Waals surface area (Å²) >= 11 is 0. The standard InChI is InChI=1S/C23H21F4N5O/c24-18-1-2-20(23(25,26)27)16(9-18)14-33-32-8-5-21-22(32)10-15(11-29-21)17-12-30-31(13-17)19-3-6-28-7-4-19/h1-2,5,8-13,19,28H,3-4,6-7,14H2. The summed E-state index contributed by atoms with van der Waals surface area (Å²) in [5.41, 5.74) is 1.71. The van der Waals surface area contributed by atoms with Crippen LogP contribution in [0.5, 0.6) is 0 Å². The second kappa shape index (κ2) is 8.51. The molecule has 1 aliphatic heterocycles. The average molecular weight is 459 g/mol. The van der Waals surface area contributed by atoms with E-state index in [9.17, 15) is 17.6 Å². The van der Waals surface area contributed by atoms with Crippen LogP contribution in [-0.4, -0.2) is 32.6 Å². The third-order valence-electron chi connectivity index (χ3n) is 5.85. The van der Waals surface area contributed by atoms with E-state index in [4.69, 9.17) is 4.84 Å². The molecule has 0 amide bonds. The maximum atomic E-state index is 13.6. The van der Waals surface area contributed by atoms with E-state index in [0.29, 0.717) is 17.1 Å². The quantitative estimate of drug-likeness (QED) is 0.443. The number of halogens is 4. The molecule has 0 atom stereocenters. The maximum Gasteiger partial charge on any atom is 0.416 e. The molecule has 6 nitrogen and oxygen atoms in total. The molecule has 0 radical (unpaired) electrons. The highest BCUT2D eigenvalue weighted by Gasteiger charge is 2.33. The molecule has 3 aromatic heterocycles. The number of aromatic nitrogens is 4. The van der Waals surface area contributed by atoms with E-state index in [1.165, 1.54) is 4.73 Å². The molecular formula is C23H21F4N5O. The summed E-state index contributed by atoms with van der Waals surface area (Å²) in [6, 6.07) is 6.25. The van der Waals surface area contributed by atoms with Crippen molar-refractivity contribution in [3.63, 3.8) is 0 Å². The molecule has 0 bridgehead atoms. The van der Waals surface area contributed by atoms with Crippen LogP contribution < -0.4 is 10.2 Å². The minimum atomic E-state index is -4.60. The molecule has 1 aromatic carbocycles. The number of alkyl halides is 3. The van der Waals surface area contributed by atoms with E-state index in [2.05, 4.69) is 15.4 Å². The van der Waals surface area contributed by atoms with Crippen molar-refractivity contribution < 1.29 is 22.4 Å². The van der Waals surface area contributed by atoms with Gasteiger partial charge in [-0.3, -0.25) is 9.67 Å². The summed E-state index contributed by atoms with van der Waals surface area (Å²) in [5, 5.41) is 7.84. The Labute approximate surface area is 186 Å². The summed E-state index contributed by atoms with van der Waals surface area (Å²) in [5.74, 6) is -0.756. The average Bonchev–Trinajstić information content (AvgIpc) is 3.45. The SMILES string of the molecule is Fc1ccc(C(F)(F)F)c(COn2ccc3ncc(-c4cnn(C5CCNCC5)c4)cc32)c1. The highest BCUT2D eigenvalue weighted by molar-refractivity contribution is 5.80. The van der Waals surface area contributed by atoms with Gasteiger partial charge in [0.05, 0.1) is 23.3 Å². The Balaban J connectivity index is 1.40. The van der Waals surface area contributed by atoms with Crippen LogP contribution in [0.3, 0.4) is 0 Å². The Bertz CT molecular complexity index is 1270. The Morgan fingerprint density at radius 1 is 1.06 bits per heavy atom. The third-order valence-corrected chi connectivity index (χ3v) is 5.85. The van der Waals surface area contributed by atoms with Crippen molar-refractivity contribution in [1.82, 2.24) is 24.8 Å². The van der Waals surface area contributed by atoms with Crippen molar-refractivity contribution in [2.75, 3.05) is 13.1 Å². The van der Waals surface area contributed by atoms with Crippen LogP contribution >= 0.6 is 0 Å². The first-order valence-corrected chi connectivity index (χ1v) is 10.6. The van der Waals surface area contributed by atoms with Gasteiger partial charge in [0, 0.05) is 35.3 Å². The van der Waals surface area contributed by atoms with Crippen LogP contribution in [0.4, 0.5) is 17.6 Å². The minimum Gasteiger partial charge on any atom is -0.409 e. The van der Waals surface area contributed by atoms with Crippen LogP contribution in [0.25, 0.3) is 22.2 Å². The van der Waals surface area contributed by atoms with Gasteiger partial charge in [0.15, 0.2) is 0 Å². The number of hydrogen-bond donors (Lipinski definition) is 1. The second-order valence-corrected chi connectivity index (χ2v) is 8.03. The number of piperidine rings is 1. The number of fused-ring (bicyclic) bond motifs is 1. The Morgan fingerprint density at radius 3 is 2.67 bits per heavy atom. The molecule has 4 heterocycles. The van der Waals surface area contributed by atoms with Gasteiger partial charge in [-0.15, -0.1) is 0 Å². The molecule has 0 unspecified atom stereocenters. The molecule has 1 aliphatic rings. The van der Waals surface area contributed by atoms with Gasteiger partial charge in [-0.05, 0) is 56.3 Å². The van der Waals surface area contributed by atoms with E-state index in [1.54, 1.807) is 24.7 Å². The van der Waals surface area contributed by atoms with Gasteiger partial charge < -0.3 is 10.2 Å². The summed E-state index contributed by atoms with van der Waals surface area (Å²) in [6.07, 6.45) is 4.48. The van der Waals surface area contributed by atoms with Gasteiger partial charge in [0.25, 0.3) is 0 Å². The predicted octanol–water partition coefficient (Wildman–Crippen LogP) is 4.61. The van der Waals surface area contributed by atoms with E-state index < -0.39 is 24.2 Å². The Kier molecular flexibility index (Phi) is 5.53. The van der Waals surface area contributed by atoms with Crippen molar-refractivity contribution in [2.24, 2.45) is 0 Å². The third kappa shape index (κ3) is 4.43. The van der Waals surface area contributed by atoms with Crippen molar-refractivity contribution in [2.45, 2.75) is 31.7 Å². The van der Waals surface area contributed by atoms with Crippen LogP contribution in [0.2, 0.25) is 0 Å². The molecule has 4 aromatic rings. The van der Waals surface area contributed by atoms with Crippen molar-refractivity contribution in [3.8, 4) is 11.1 Å². The van der Waals surface area contributed by atoms with Gasteiger partial charge >= 0.3 is 6.18 Å². The lowest BCUT2D eigenvalue weighted by molar-refractivity contribution is -0.138. The number of benzene rings is 1. The number of rotatable bonds is 5. The van der Waals surface area contributed by atoms with Gasteiger partial charge in [-0.25, -0.2) is 4.39 Å². The van der Waals surface area contributed by atoms with Crippen LogP contribution in [-0.2, 0) is 12.8 Å². The predicted molar refractivity (Wildman–Crippen MR) is 114 cm³/mol. The normalized spacial score (nSPS) is 15.3. The molecular weight excluding hydrogens is 438 g/mol. The molecule has 33 heavy (non-hydrogen) atoms. The molecule has 0 aliphatic carbocycles. The summed E-state index contributed by atoms with van der Waals surface area (Å²) < 4.78 is 56.7. The maximum absolute atomic E-state index is 13.6. The second-order valence-electron chi connectivity index (χ2n) is 8.03. The van der Waals surface area contributed by atoms with Gasteiger partial charge in [-0.2, -0.15) is 23.0 Å². The lowest BCUT2D eigenvalue weighted by atomic mass is 10.1. The van der Waals surface area contributed by atoms with Gasteiger partial charge in [0.1, 0.15) is 17.9 Å². The molecule has 0 spiro atoms. The summed E-state index contributed by atoms with van der Waals surface area (Å²) in [4.78, 5) is 10.0. The zero-order valence-corrected chi connectivity index (χ0v) is 17.5. The lowest BCUT2D eigenvalue weighted by Crippen LogP contribution is -2.29. The number of nitrogens with one attached hydrogen (secondary N) is 1. The van der Waals surface area contributed by atoms with E-state index in [0.717, 1.165) is 55.3 Å². The number of nitrogens with zero attached hydrogens (tertiary/aromatic N) is 4. The summed E-state index contributed by atoms with van der Waals surface area (Å²) in [6.45, 7) is 1.47. The zero-order valence-electron chi connectivity index (χ0n) is 17.5. The van der Waals surface area contributed by atoms with Crippen LogP contribution in [0.15, 0.2) is 55.1 Å². The molecule has 1 saturated heterocycles. The topological polar surface area (TPSA) is 56.9 Å². The first-order valence-electron chi connectivity index (χ1n) is 10.6. The highest BCUT2D eigenvalue weighted by atomic mass is 19.4. The molecule has 10 heteroatoms. The van der Waals surface area contributed by atoms with Gasteiger partial charge in [-0.1, -0.05) is 0 Å². The number of pyridine rings is 1. The van der Waals surface area contributed by atoms with Crippen LogP contribution in [0, 0.1) is 5.82 Å². The molecule has 1 fully saturated rings. The smallest absolute Gasteiger partial charge is 0.409 e. The van der Waals surface area contributed by atoms with Crippen molar-refractivity contribution >= 4 is 11.0 Å². The van der Waals surface area contributed by atoms with E-state index in [1.807, 2.05) is 16.9 Å². The Morgan fingerprint density at radius 2 is 1.88 bits per heavy atom. The van der Waals surface area contributed by atoms with Crippen molar-refractivity contribution in [3.05, 3.63) is 72.1 Å². The molecule has 1 N–H and O–H groups in total. The van der Waals surface area contributed by atoms with Gasteiger partial charge in [0.2, 0.25) is 0 Å². The fourth-order valence-corrected chi connectivity index (χ4v) is 4.11. The highest BCUT2D eigenvalue weighted by Crippen LogP contribution is 2.32. The van der Waals surface area contributed by atoms with Crippen LogP contribution in [0.1, 0.15) is 30.0 Å². The first kappa shape index (κ1) is 21.4. The molecule has 172 valence electrons. The first-order chi connectivity index (χ1) is 15.9. The van der Waals surface area contributed by atoms with E-state index in [-0.39, 0.29) is 5.56 Å². The largest absolute Gasteiger partial charge is 0.416 e. The van der Waals surface area contributed by atoms with Crippen molar-refractivity contribution in [1.29, 1.82) is 0 Å². The monoisotopic (exact) mass is 459 g/mol. The minimum absolute atomic E-state index is 0.281.